The zero-order chi connectivity index (χ0) is 28.0. The van der Waals surface area contributed by atoms with Crippen LogP contribution in [0.4, 0.5) is 0 Å². The van der Waals surface area contributed by atoms with Crippen LogP contribution in [0.15, 0.2) is 108 Å². The third-order valence-corrected chi connectivity index (χ3v) is 5.62. The molecule has 0 bridgehead atoms. The van der Waals surface area contributed by atoms with E-state index in [1.54, 1.807) is 91.0 Å². The predicted octanol–water partition coefficient (Wildman–Crippen LogP) is 7.26. The van der Waals surface area contributed by atoms with Crippen molar-refractivity contribution in [1.82, 2.24) is 0 Å². The molecule has 1 aliphatic rings. The predicted molar refractivity (Wildman–Crippen MR) is 145 cm³/mol. The fourth-order valence-corrected chi connectivity index (χ4v) is 3.15. The Morgan fingerprint density at radius 1 is 0.579 bits per heavy atom. The van der Waals surface area contributed by atoms with Crippen LogP contribution in [0.3, 0.4) is 0 Å². The summed E-state index contributed by atoms with van der Waals surface area (Å²) in [5, 5.41) is 25.2. The van der Waals surface area contributed by atoms with Crippen molar-refractivity contribution in [3.63, 3.8) is 0 Å². The largest absolute Gasteiger partial charge is 0.478 e. The average molecular weight is 680 g/mol. The van der Waals surface area contributed by atoms with Crippen LogP contribution in [-0.4, -0.2) is 33.2 Å². The summed E-state index contributed by atoms with van der Waals surface area (Å²) >= 11 is 0. The molecule has 0 heterocycles. The van der Waals surface area contributed by atoms with E-state index in [1.165, 1.54) is 16.7 Å². The Balaban J connectivity index is 0.000000477. The second kappa shape index (κ2) is 17.0. The van der Waals surface area contributed by atoms with Crippen LogP contribution in [0.5, 0.6) is 0 Å². The number of benzene rings is 3. The van der Waals surface area contributed by atoms with Crippen molar-refractivity contribution in [2.24, 2.45) is 5.41 Å². The molecule has 0 radical (unpaired) electrons. The number of carboxylic acid groups (broad SMARTS) is 3. The zero-order valence-corrected chi connectivity index (χ0v) is 25.8. The van der Waals surface area contributed by atoms with Crippen LogP contribution in [0.2, 0.25) is 0 Å². The summed E-state index contributed by atoms with van der Waals surface area (Å²) in [7, 11) is 0. The van der Waals surface area contributed by atoms with Gasteiger partial charge in [-0.15, -0.1) is 6.92 Å². The average Bonchev–Trinajstić information content (AvgIpc) is 3.07. The van der Waals surface area contributed by atoms with E-state index in [2.05, 4.69) is 40.7 Å². The molecular weight excluding hydrogens is 647 g/mol. The minimum absolute atomic E-state index is 0. The molecule has 0 fully saturated rings. The summed E-state index contributed by atoms with van der Waals surface area (Å²) in [6.45, 7) is 10.9. The van der Waals surface area contributed by atoms with Gasteiger partial charge >= 0.3 is 17.9 Å². The maximum Gasteiger partial charge on any atom is 0.335 e. The quantitative estimate of drug-likeness (QED) is 0.198. The molecule has 0 saturated carbocycles. The van der Waals surface area contributed by atoms with Crippen molar-refractivity contribution in [3.05, 3.63) is 130 Å². The molecule has 0 amide bonds. The van der Waals surface area contributed by atoms with Crippen molar-refractivity contribution in [2.75, 3.05) is 0 Å². The van der Waals surface area contributed by atoms with E-state index in [4.69, 9.17) is 15.3 Å². The molecule has 3 N–H and O–H groups in total. The molecular formula is C31H33HfO6-. The first kappa shape index (κ1) is 34.4. The second-order valence-electron chi connectivity index (χ2n) is 8.64. The number of carboxylic acids is 3. The minimum Gasteiger partial charge on any atom is -0.478 e. The molecule has 0 atom stereocenters. The Hall–Kier alpha value is -3.58. The number of carbonyl (C=O) groups is 3. The van der Waals surface area contributed by atoms with Crippen LogP contribution in [0.1, 0.15) is 65.7 Å². The van der Waals surface area contributed by atoms with E-state index in [0.29, 0.717) is 16.7 Å². The molecule has 7 heteroatoms. The topological polar surface area (TPSA) is 112 Å². The van der Waals surface area contributed by atoms with Gasteiger partial charge in [0.15, 0.2) is 0 Å². The van der Waals surface area contributed by atoms with Crippen LogP contribution in [0, 0.1) is 11.5 Å². The van der Waals surface area contributed by atoms with Gasteiger partial charge in [-0.3, -0.25) is 6.08 Å². The van der Waals surface area contributed by atoms with Gasteiger partial charge in [0.25, 0.3) is 0 Å². The van der Waals surface area contributed by atoms with Crippen molar-refractivity contribution in [3.8, 4) is 0 Å². The molecule has 6 nitrogen and oxygen atoms in total. The standard InChI is InChI=1S/C10H15.3C7H6O2.Hf/c1-7-6-10(4,5)9(3)8(7)2;3*8-7(9)6-4-2-1-3-5-6;/h1-5H3;3*1-5H,(H,8,9);/q-1;;;;. The summed E-state index contributed by atoms with van der Waals surface area (Å²) in [6, 6.07) is 24.9. The fraction of sp³-hybridized carbons (Fsp3) is 0.194. The van der Waals surface area contributed by atoms with Crippen LogP contribution in [-0.2, 0) is 25.8 Å². The van der Waals surface area contributed by atoms with E-state index < -0.39 is 17.9 Å². The molecule has 0 spiro atoms. The van der Waals surface area contributed by atoms with Gasteiger partial charge in [-0.1, -0.05) is 87.7 Å². The van der Waals surface area contributed by atoms with Crippen LogP contribution in [0.25, 0.3) is 0 Å². The molecule has 4 rings (SSSR count). The minimum atomic E-state index is -0.879. The van der Waals surface area contributed by atoms with Gasteiger partial charge in [0.05, 0.1) is 16.7 Å². The van der Waals surface area contributed by atoms with E-state index in [0.717, 1.165) is 0 Å². The number of allylic oxidation sites excluding steroid dienone is 4. The third-order valence-electron chi connectivity index (χ3n) is 5.62. The SMILES string of the molecule is CC1=[C-]C(C)(C)C(C)=C1C.O=C(O)c1ccccc1.O=C(O)c1ccccc1.O=C(O)c1ccccc1.[Hf]. The summed E-state index contributed by atoms with van der Waals surface area (Å²) in [6.07, 6.45) is 3.44. The smallest absolute Gasteiger partial charge is 0.335 e. The van der Waals surface area contributed by atoms with Crippen molar-refractivity contribution >= 4 is 17.9 Å². The maximum absolute atomic E-state index is 10.2. The maximum atomic E-state index is 10.2. The van der Waals surface area contributed by atoms with Gasteiger partial charge < -0.3 is 15.3 Å². The molecule has 0 aromatic heterocycles. The molecule has 1 aliphatic carbocycles. The van der Waals surface area contributed by atoms with Gasteiger partial charge in [0, 0.05) is 25.8 Å². The summed E-state index contributed by atoms with van der Waals surface area (Å²) in [5.74, 6) is -2.64. The van der Waals surface area contributed by atoms with E-state index in [-0.39, 0.29) is 31.3 Å². The second-order valence-corrected chi connectivity index (χ2v) is 8.64. The van der Waals surface area contributed by atoms with E-state index >= 15 is 0 Å². The first-order chi connectivity index (χ1) is 17.4. The van der Waals surface area contributed by atoms with Crippen molar-refractivity contribution < 1.29 is 55.5 Å². The fourth-order valence-electron chi connectivity index (χ4n) is 3.15. The van der Waals surface area contributed by atoms with Gasteiger partial charge in [0.1, 0.15) is 0 Å². The monoisotopic (exact) mass is 681 g/mol. The van der Waals surface area contributed by atoms with Crippen molar-refractivity contribution in [1.29, 1.82) is 0 Å². The molecule has 0 aliphatic heterocycles. The molecule has 38 heavy (non-hydrogen) atoms. The summed E-state index contributed by atoms with van der Waals surface area (Å²) in [4.78, 5) is 30.6. The van der Waals surface area contributed by atoms with Gasteiger partial charge in [0.2, 0.25) is 0 Å². The first-order valence-corrected chi connectivity index (χ1v) is 11.5. The summed E-state index contributed by atoms with van der Waals surface area (Å²) < 4.78 is 0. The van der Waals surface area contributed by atoms with E-state index in [1.807, 2.05) is 0 Å². The molecule has 0 saturated heterocycles. The summed E-state index contributed by atoms with van der Waals surface area (Å²) in [5.41, 5.74) is 5.39. The number of hydrogen-bond acceptors (Lipinski definition) is 3. The first-order valence-electron chi connectivity index (χ1n) is 11.5. The number of hydrogen-bond donors (Lipinski definition) is 3. The molecule has 0 unspecified atom stereocenters. The molecule has 3 aromatic carbocycles. The third kappa shape index (κ3) is 12.1. The Bertz CT molecular complexity index is 1110. The molecule has 198 valence electrons. The number of aromatic carboxylic acids is 3. The zero-order valence-electron chi connectivity index (χ0n) is 22.2. The van der Waals surface area contributed by atoms with Gasteiger partial charge in [-0.25, -0.2) is 20.0 Å². The van der Waals surface area contributed by atoms with Crippen LogP contribution < -0.4 is 0 Å². The van der Waals surface area contributed by atoms with E-state index in [9.17, 15) is 14.4 Å². The van der Waals surface area contributed by atoms with Crippen molar-refractivity contribution in [2.45, 2.75) is 34.6 Å². The normalized spacial score (nSPS) is 12.5. The van der Waals surface area contributed by atoms with Gasteiger partial charge in [-0.2, -0.15) is 11.1 Å². The molecule has 3 aromatic rings. The Labute approximate surface area is 243 Å². The Morgan fingerprint density at radius 2 is 0.842 bits per heavy atom. The number of rotatable bonds is 3. The van der Waals surface area contributed by atoms with Gasteiger partial charge in [-0.05, 0) is 36.4 Å². The van der Waals surface area contributed by atoms with Crippen LogP contribution >= 0.6 is 0 Å². The Morgan fingerprint density at radius 3 is 0.947 bits per heavy atom. The Kier molecular flexibility index (Phi) is 15.4.